The SMILES string of the molecule is C[C@@H]1[C@@H](C)C/C=C/[C@H](OCCN2CCOC2=O)[C@@H]2CC[C@H]2CN2CCCCc3cc(Cl)ccc3COc3ccc(cc32)C(=O)NS1(=O)=O. The van der Waals surface area contributed by atoms with Gasteiger partial charge in [-0.1, -0.05) is 36.7 Å². The first-order valence-electron chi connectivity index (χ1n) is 17.1. The Hall–Kier alpha value is -3.28. The van der Waals surface area contributed by atoms with Gasteiger partial charge in [0.1, 0.15) is 19.0 Å². The van der Waals surface area contributed by atoms with E-state index < -0.39 is 21.2 Å². The zero-order valence-corrected chi connectivity index (χ0v) is 29.3. The Balaban J connectivity index is 1.32. The maximum absolute atomic E-state index is 13.5. The largest absolute Gasteiger partial charge is 0.487 e. The molecule has 1 saturated heterocycles. The van der Waals surface area contributed by atoms with E-state index in [2.05, 4.69) is 15.7 Å². The quantitative estimate of drug-likeness (QED) is 0.389. The number of fused-ring (bicyclic) bond motifs is 3. The van der Waals surface area contributed by atoms with E-state index in [-0.39, 0.29) is 29.6 Å². The molecule has 1 saturated carbocycles. The fourth-order valence-electron chi connectivity index (χ4n) is 7.07. The first-order chi connectivity index (χ1) is 23.1. The molecule has 0 aromatic heterocycles. The van der Waals surface area contributed by atoms with Crippen LogP contribution in [0.1, 0.15) is 67.4 Å². The number of halogens is 1. The van der Waals surface area contributed by atoms with Crippen LogP contribution in [-0.2, 0) is 32.5 Å². The van der Waals surface area contributed by atoms with Crippen molar-refractivity contribution in [2.24, 2.45) is 17.8 Å². The molecular formula is C36H46ClN3O7S. The van der Waals surface area contributed by atoms with Gasteiger partial charge in [0.05, 0.1) is 30.2 Å². The summed E-state index contributed by atoms with van der Waals surface area (Å²) in [4.78, 5) is 29.4. The number of carbonyl (C=O) groups is 2. The first-order valence-corrected chi connectivity index (χ1v) is 19.1. The topological polar surface area (TPSA) is 114 Å². The maximum Gasteiger partial charge on any atom is 0.410 e. The Morgan fingerprint density at radius 1 is 1.02 bits per heavy atom. The van der Waals surface area contributed by atoms with E-state index in [0.29, 0.717) is 56.0 Å². The third-order valence-corrected chi connectivity index (χ3v) is 12.6. The molecule has 2 amide bonds. The first kappa shape index (κ1) is 34.6. The van der Waals surface area contributed by atoms with Crippen molar-refractivity contribution >= 4 is 39.3 Å². The molecule has 2 fully saturated rings. The highest BCUT2D eigenvalue weighted by Crippen LogP contribution is 2.42. The second-order valence-electron chi connectivity index (χ2n) is 13.5. The summed E-state index contributed by atoms with van der Waals surface area (Å²) in [5.41, 5.74) is 3.28. The van der Waals surface area contributed by atoms with Crippen LogP contribution in [0.4, 0.5) is 10.5 Å². The molecule has 5 atom stereocenters. The molecular weight excluding hydrogens is 654 g/mol. The summed E-state index contributed by atoms with van der Waals surface area (Å²) in [5.74, 6) is 0.321. The molecule has 6 rings (SSSR count). The third kappa shape index (κ3) is 7.95. The number of allylic oxidation sites excluding steroid dienone is 1. The highest BCUT2D eigenvalue weighted by Gasteiger charge is 2.39. The molecule has 48 heavy (non-hydrogen) atoms. The van der Waals surface area contributed by atoms with E-state index in [1.165, 1.54) is 5.56 Å². The van der Waals surface area contributed by atoms with E-state index in [1.807, 2.05) is 31.2 Å². The van der Waals surface area contributed by atoms with Crippen LogP contribution in [0.25, 0.3) is 0 Å². The van der Waals surface area contributed by atoms with Gasteiger partial charge in [0.15, 0.2) is 0 Å². The molecule has 0 radical (unpaired) electrons. The molecule has 3 aliphatic heterocycles. The van der Waals surface area contributed by atoms with Crippen LogP contribution < -0.4 is 14.4 Å². The average molecular weight is 700 g/mol. The van der Waals surface area contributed by atoms with E-state index in [9.17, 15) is 18.0 Å². The molecule has 2 aromatic rings. The molecule has 1 aliphatic carbocycles. The van der Waals surface area contributed by atoms with Crippen LogP contribution in [0.15, 0.2) is 48.6 Å². The fraction of sp³-hybridized carbons (Fsp3) is 0.556. The number of rotatable bonds is 4. The minimum atomic E-state index is -3.96. The number of hydrogen-bond donors (Lipinski definition) is 1. The van der Waals surface area contributed by atoms with E-state index in [0.717, 1.165) is 56.4 Å². The summed E-state index contributed by atoms with van der Waals surface area (Å²) in [5, 5.41) is -0.101. The predicted octanol–water partition coefficient (Wildman–Crippen LogP) is 5.97. The summed E-state index contributed by atoms with van der Waals surface area (Å²) in [7, 11) is -3.96. The van der Waals surface area contributed by atoms with Gasteiger partial charge < -0.3 is 24.0 Å². The van der Waals surface area contributed by atoms with Crippen molar-refractivity contribution in [3.8, 4) is 5.75 Å². The Morgan fingerprint density at radius 2 is 1.88 bits per heavy atom. The van der Waals surface area contributed by atoms with Gasteiger partial charge in [0.25, 0.3) is 5.91 Å². The van der Waals surface area contributed by atoms with Gasteiger partial charge in [-0.25, -0.2) is 17.9 Å². The van der Waals surface area contributed by atoms with Crippen LogP contribution in [0.3, 0.4) is 0 Å². The average Bonchev–Trinajstić information content (AvgIpc) is 3.44. The lowest BCUT2D eigenvalue weighted by Gasteiger charge is -2.44. The molecule has 10 nitrogen and oxygen atoms in total. The Labute approximate surface area is 288 Å². The molecule has 2 bridgehead atoms. The fourth-order valence-corrected chi connectivity index (χ4v) is 8.55. The lowest BCUT2D eigenvalue weighted by molar-refractivity contribution is -0.0177. The number of ether oxygens (including phenoxy) is 3. The summed E-state index contributed by atoms with van der Waals surface area (Å²) >= 11 is 6.35. The number of cyclic esters (lactones) is 1. The van der Waals surface area contributed by atoms with Crippen LogP contribution in [-0.4, -0.2) is 76.1 Å². The molecule has 0 spiro atoms. The number of hydrogen-bond acceptors (Lipinski definition) is 8. The van der Waals surface area contributed by atoms with Crippen molar-refractivity contribution in [1.82, 2.24) is 9.62 Å². The van der Waals surface area contributed by atoms with Crippen LogP contribution in [0, 0.1) is 17.8 Å². The van der Waals surface area contributed by atoms with Crippen molar-refractivity contribution in [2.75, 3.05) is 44.3 Å². The second-order valence-corrected chi connectivity index (χ2v) is 16.0. The van der Waals surface area contributed by atoms with E-state index in [1.54, 1.807) is 30.0 Å². The lowest BCUT2D eigenvalue weighted by atomic mass is 9.70. The minimum absolute atomic E-state index is 0.181. The van der Waals surface area contributed by atoms with Crippen LogP contribution in [0.2, 0.25) is 5.02 Å². The normalized spacial score (nSPS) is 28.4. The second kappa shape index (κ2) is 15.1. The van der Waals surface area contributed by atoms with Gasteiger partial charge in [-0.15, -0.1) is 0 Å². The number of sulfonamides is 1. The Bertz CT molecular complexity index is 1630. The monoisotopic (exact) mass is 699 g/mol. The van der Waals surface area contributed by atoms with Gasteiger partial charge in [-0.3, -0.25) is 4.79 Å². The lowest BCUT2D eigenvalue weighted by Crippen LogP contribution is -2.45. The third-order valence-electron chi connectivity index (χ3n) is 10.5. The molecule has 12 heteroatoms. The van der Waals surface area contributed by atoms with Gasteiger partial charge >= 0.3 is 6.09 Å². The molecule has 260 valence electrons. The molecule has 0 unspecified atom stereocenters. The zero-order chi connectivity index (χ0) is 33.8. The number of anilines is 1. The number of aryl methyl sites for hydroxylation is 1. The van der Waals surface area contributed by atoms with Crippen molar-refractivity contribution in [3.05, 3.63) is 70.3 Å². The molecule has 3 heterocycles. The standard InChI is InChI=1S/C36H46ClN3O7S/c1-24-6-5-8-33(45-18-16-39-17-19-46-36(39)42)31-13-10-28(31)22-40-15-4-3-7-26-20-30(37)12-9-29(26)23-47-34-14-11-27(21-32(34)40)35(41)38-48(43,44)25(24)2/h5,8-9,11-12,14,20-21,24-25,28,31,33H,3-4,6-7,10,13,15-19,22-23H2,1-2H3,(H,38,41)/b8-5+/t24-,25+,28-,31+,33-/m0/s1. The summed E-state index contributed by atoms with van der Waals surface area (Å²) in [6, 6.07) is 11.1. The number of nitrogens with zero attached hydrogens (tertiary/aromatic N) is 2. The number of benzene rings is 2. The highest BCUT2D eigenvalue weighted by molar-refractivity contribution is 7.90. The number of nitrogens with one attached hydrogen (secondary N) is 1. The van der Waals surface area contributed by atoms with Gasteiger partial charge in [0.2, 0.25) is 10.0 Å². The van der Waals surface area contributed by atoms with E-state index >= 15 is 0 Å². The maximum atomic E-state index is 13.5. The summed E-state index contributed by atoms with van der Waals surface area (Å²) in [6.07, 6.45) is 8.90. The van der Waals surface area contributed by atoms with Crippen LogP contribution in [0.5, 0.6) is 5.75 Å². The van der Waals surface area contributed by atoms with Crippen molar-refractivity contribution in [1.29, 1.82) is 0 Å². The predicted molar refractivity (Wildman–Crippen MR) is 185 cm³/mol. The highest BCUT2D eigenvalue weighted by atomic mass is 35.5. The number of carbonyl (C=O) groups excluding carboxylic acids is 2. The minimum Gasteiger partial charge on any atom is -0.487 e. The summed E-state index contributed by atoms with van der Waals surface area (Å²) in [6.45, 7) is 7.14. The molecule has 1 N–H and O–H groups in total. The number of amides is 2. The molecule has 4 aliphatic rings. The van der Waals surface area contributed by atoms with Gasteiger partial charge in [0, 0.05) is 30.2 Å². The zero-order valence-electron chi connectivity index (χ0n) is 27.7. The van der Waals surface area contributed by atoms with Crippen molar-refractivity contribution in [3.63, 3.8) is 0 Å². The van der Waals surface area contributed by atoms with Crippen molar-refractivity contribution < 1.29 is 32.2 Å². The molecule has 2 aromatic carbocycles. The van der Waals surface area contributed by atoms with Crippen molar-refractivity contribution in [2.45, 2.75) is 70.3 Å². The Kier molecular flexibility index (Phi) is 10.9. The van der Waals surface area contributed by atoms with Gasteiger partial charge in [-0.05, 0) is 105 Å². The van der Waals surface area contributed by atoms with Gasteiger partial charge in [-0.2, -0.15) is 0 Å². The van der Waals surface area contributed by atoms with E-state index in [4.69, 9.17) is 25.8 Å². The van der Waals surface area contributed by atoms with Crippen LogP contribution >= 0.6 is 11.6 Å². The summed E-state index contributed by atoms with van der Waals surface area (Å²) < 4.78 is 47.1. The Morgan fingerprint density at radius 3 is 2.65 bits per heavy atom. The smallest absolute Gasteiger partial charge is 0.410 e.